The molecule has 0 atom stereocenters. The van der Waals surface area contributed by atoms with Gasteiger partial charge in [-0.3, -0.25) is 9.48 Å². The summed E-state index contributed by atoms with van der Waals surface area (Å²) in [5, 5.41) is 6.96. The van der Waals surface area contributed by atoms with Crippen molar-refractivity contribution in [1.82, 2.24) is 9.78 Å². The van der Waals surface area contributed by atoms with Crippen LogP contribution >= 0.6 is 0 Å². The molecule has 1 heterocycles. The number of hydrogen-bond donors (Lipinski definition) is 1. The molecule has 20 heavy (non-hydrogen) atoms. The molecule has 0 unspecified atom stereocenters. The highest BCUT2D eigenvalue weighted by molar-refractivity contribution is 5.92. The van der Waals surface area contributed by atoms with Crippen molar-refractivity contribution in [2.24, 2.45) is 0 Å². The summed E-state index contributed by atoms with van der Waals surface area (Å²) >= 11 is 0. The number of halogens is 1. The summed E-state index contributed by atoms with van der Waals surface area (Å²) in [4.78, 5) is 12.0. The monoisotopic (exact) mass is 275 g/mol. The molecule has 106 valence electrons. The molecule has 0 aliphatic carbocycles. The molecule has 1 amide bonds. The lowest BCUT2D eigenvalue weighted by molar-refractivity contribution is -0.115. The third-order valence-corrected chi connectivity index (χ3v) is 3.28. The Labute approximate surface area is 117 Å². The van der Waals surface area contributed by atoms with Gasteiger partial charge in [0.05, 0.1) is 24.0 Å². The number of nitrogens with zero attached hydrogens (tertiary/aromatic N) is 2. The van der Waals surface area contributed by atoms with Crippen LogP contribution in [-0.4, -0.2) is 15.7 Å². The Hall–Kier alpha value is -2.17. The maximum atomic E-state index is 13.4. The molecule has 0 aliphatic rings. The van der Waals surface area contributed by atoms with Crippen LogP contribution in [0.4, 0.5) is 10.1 Å². The van der Waals surface area contributed by atoms with Crippen LogP contribution in [0.1, 0.15) is 23.7 Å². The first kappa shape index (κ1) is 14.2. The topological polar surface area (TPSA) is 46.9 Å². The van der Waals surface area contributed by atoms with E-state index in [1.165, 1.54) is 6.07 Å². The lowest BCUT2D eigenvalue weighted by Crippen LogP contribution is -2.15. The molecule has 2 aromatic rings. The van der Waals surface area contributed by atoms with E-state index in [2.05, 4.69) is 10.4 Å². The quantitative estimate of drug-likeness (QED) is 0.932. The second-order valence-corrected chi connectivity index (χ2v) is 4.77. The summed E-state index contributed by atoms with van der Waals surface area (Å²) in [5.41, 5.74) is 2.85. The van der Waals surface area contributed by atoms with Crippen LogP contribution in [0.25, 0.3) is 0 Å². The largest absolute Gasteiger partial charge is 0.323 e. The number of anilines is 1. The highest BCUT2D eigenvalue weighted by atomic mass is 19.1. The van der Waals surface area contributed by atoms with Crippen LogP contribution in [0.3, 0.4) is 0 Å². The minimum Gasteiger partial charge on any atom is -0.323 e. The number of benzene rings is 1. The van der Waals surface area contributed by atoms with E-state index in [0.717, 1.165) is 12.2 Å². The number of carbonyl (C=O) groups is 1. The van der Waals surface area contributed by atoms with Crippen molar-refractivity contribution in [3.8, 4) is 0 Å². The molecule has 4 nitrogen and oxygen atoms in total. The average molecular weight is 275 g/mol. The molecule has 1 N–H and O–H groups in total. The maximum Gasteiger partial charge on any atom is 0.228 e. The van der Waals surface area contributed by atoms with Crippen molar-refractivity contribution in [2.75, 3.05) is 5.32 Å². The molecular formula is C15H18FN3O. The van der Waals surface area contributed by atoms with Crippen LogP contribution in [0.15, 0.2) is 24.4 Å². The van der Waals surface area contributed by atoms with Gasteiger partial charge in [-0.1, -0.05) is 12.1 Å². The van der Waals surface area contributed by atoms with E-state index in [1.54, 1.807) is 29.9 Å². The van der Waals surface area contributed by atoms with E-state index in [0.29, 0.717) is 16.8 Å². The minimum absolute atomic E-state index is 0.147. The van der Waals surface area contributed by atoms with Crippen molar-refractivity contribution in [2.45, 2.75) is 33.7 Å². The summed E-state index contributed by atoms with van der Waals surface area (Å²) in [5.74, 6) is -0.461. The highest BCUT2D eigenvalue weighted by Crippen LogP contribution is 2.15. The number of aryl methyl sites for hydroxylation is 2. The molecule has 0 saturated carbocycles. The molecule has 0 saturated heterocycles. The van der Waals surface area contributed by atoms with E-state index in [4.69, 9.17) is 0 Å². The molecular weight excluding hydrogens is 257 g/mol. The van der Waals surface area contributed by atoms with Gasteiger partial charge >= 0.3 is 0 Å². The van der Waals surface area contributed by atoms with Crippen LogP contribution in [0, 0.1) is 19.7 Å². The van der Waals surface area contributed by atoms with Gasteiger partial charge in [0, 0.05) is 6.54 Å². The molecule has 0 spiro atoms. The van der Waals surface area contributed by atoms with Crippen molar-refractivity contribution >= 4 is 11.6 Å². The Morgan fingerprint density at radius 3 is 2.75 bits per heavy atom. The number of carbonyl (C=O) groups excluding carboxylic acids is 1. The summed E-state index contributed by atoms with van der Waals surface area (Å²) in [6, 6.07) is 4.84. The third kappa shape index (κ3) is 3.04. The van der Waals surface area contributed by atoms with Gasteiger partial charge in [-0.2, -0.15) is 5.10 Å². The van der Waals surface area contributed by atoms with Crippen molar-refractivity contribution in [3.63, 3.8) is 0 Å². The molecule has 0 aliphatic heterocycles. The molecule has 1 aromatic carbocycles. The van der Waals surface area contributed by atoms with E-state index in [1.807, 2.05) is 13.8 Å². The molecule has 0 bridgehead atoms. The fourth-order valence-electron chi connectivity index (χ4n) is 2.01. The van der Waals surface area contributed by atoms with Crippen LogP contribution in [0.2, 0.25) is 0 Å². The Kier molecular flexibility index (Phi) is 4.17. The number of rotatable bonds is 4. The fourth-order valence-corrected chi connectivity index (χ4v) is 2.01. The summed E-state index contributed by atoms with van der Waals surface area (Å²) < 4.78 is 15.2. The summed E-state index contributed by atoms with van der Waals surface area (Å²) in [6.45, 7) is 6.34. The minimum atomic E-state index is -0.287. The Morgan fingerprint density at radius 2 is 2.15 bits per heavy atom. The molecule has 5 heteroatoms. The van der Waals surface area contributed by atoms with E-state index >= 15 is 0 Å². The lowest BCUT2D eigenvalue weighted by Gasteiger charge is -2.06. The van der Waals surface area contributed by atoms with Gasteiger partial charge in [0.1, 0.15) is 5.82 Å². The van der Waals surface area contributed by atoms with E-state index in [9.17, 15) is 9.18 Å². The number of nitrogens with one attached hydrogen (secondary N) is 1. The van der Waals surface area contributed by atoms with Gasteiger partial charge in [0.15, 0.2) is 0 Å². The van der Waals surface area contributed by atoms with Gasteiger partial charge in [0.25, 0.3) is 0 Å². The first-order valence-corrected chi connectivity index (χ1v) is 6.58. The van der Waals surface area contributed by atoms with Crippen LogP contribution in [-0.2, 0) is 17.8 Å². The Bertz CT molecular complexity index is 634. The highest BCUT2D eigenvalue weighted by Gasteiger charge is 2.10. The zero-order chi connectivity index (χ0) is 14.7. The average Bonchev–Trinajstić information content (AvgIpc) is 2.75. The van der Waals surface area contributed by atoms with Gasteiger partial charge in [-0.25, -0.2) is 4.39 Å². The zero-order valence-corrected chi connectivity index (χ0v) is 11.9. The molecule has 0 fully saturated rings. The summed E-state index contributed by atoms with van der Waals surface area (Å²) in [7, 11) is 0. The summed E-state index contributed by atoms with van der Waals surface area (Å²) in [6.07, 6.45) is 1.78. The van der Waals surface area contributed by atoms with Gasteiger partial charge < -0.3 is 5.32 Å². The first-order chi connectivity index (χ1) is 9.51. The SMILES string of the molecule is CCn1ncc(NC(=O)Cc2ccc(C)c(F)c2)c1C. The zero-order valence-electron chi connectivity index (χ0n) is 11.9. The molecule has 2 rings (SSSR count). The normalized spacial score (nSPS) is 10.6. The number of hydrogen-bond acceptors (Lipinski definition) is 2. The van der Waals surface area contributed by atoms with Gasteiger partial charge in [-0.15, -0.1) is 0 Å². The predicted molar refractivity (Wildman–Crippen MR) is 76.1 cm³/mol. The maximum absolute atomic E-state index is 13.4. The van der Waals surface area contributed by atoms with Crippen molar-refractivity contribution in [3.05, 3.63) is 47.0 Å². The molecule has 0 radical (unpaired) electrons. The standard InChI is InChI=1S/C15H18FN3O/c1-4-19-11(3)14(9-17-19)18-15(20)8-12-6-5-10(2)13(16)7-12/h5-7,9H,4,8H2,1-3H3,(H,18,20). The van der Waals surface area contributed by atoms with E-state index in [-0.39, 0.29) is 18.1 Å². The van der Waals surface area contributed by atoms with Crippen LogP contribution < -0.4 is 5.32 Å². The van der Waals surface area contributed by atoms with Gasteiger partial charge in [0.2, 0.25) is 5.91 Å². The fraction of sp³-hybridized carbons (Fsp3) is 0.333. The Morgan fingerprint density at radius 1 is 1.40 bits per heavy atom. The van der Waals surface area contributed by atoms with Crippen molar-refractivity contribution in [1.29, 1.82) is 0 Å². The van der Waals surface area contributed by atoms with E-state index < -0.39 is 0 Å². The lowest BCUT2D eigenvalue weighted by atomic mass is 10.1. The van der Waals surface area contributed by atoms with Gasteiger partial charge in [-0.05, 0) is 38.0 Å². The predicted octanol–water partition coefficient (Wildman–Crippen LogP) is 2.84. The first-order valence-electron chi connectivity index (χ1n) is 6.58. The van der Waals surface area contributed by atoms with Crippen LogP contribution in [0.5, 0.6) is 0 Å². The smallest absolute Gasteiger partial charge is 0.228 e. The molecule has 1 aromatic heterocycles. The van der Waals surface area contributed by atoms with Crippen molar-refractivity contribution < 1.29 is 9.18 Å². The Balaban J connectivity index is 2.05. The number of amides is 1. The number of aromatic nitrogens is 2. The second-order valence-electron chi connectivity index (χ2n) is 4.77. The second kappa shape index (κ2) is 5.86. The third-order valence-electron chi connectivity index (χ3n) is 3.28.